The zero-order valence-corrected chi connectivity index (χ0v) is 10.8. The van der Waals surface area contributed by atoms with E-state index in [4.69, 9.17) is 11.6 Å². The first kappa shape index (κ1) is 13.6. The molecular weight excluding hydrogens is 268 g/mol. The van der Waals surface area contributed by atoms with E-state index in [1.807, 2.05) is 42.5 Å². The molecule has 0 atom stereocenters. The van der Waals surface area contributed by atoms with Gasteiger partial charge >= 0.3 is 0 Å². The lowest BCUT2D eigenvalue weighted by atomic mass is 10.2. The van der Waals surface area contributed by atoms with Gasteiger partial charge in [0.15, 0.2) is 5.82 Å². The highest BCUT2D eigenvalue weighted by atomic mass is 35.5. The normalized spacial score (nSPS) is 10.9. The third-order valence-corrected chi connectivity index (χ3v) is 2.81. The molecule has 4 heteroatoms. The van der Waals surface area contributed by atoms with Gasteiger partial charge in [-0.2, -0.15) is 0 Å². The summed E-state index contributed by atoms with van der Waals surface area (Å²) in [7, 11) is 0. The van der Waals surface area contributed by atoms with Gasteiger partial charge in [0, 0.05) is 12.6 Å². The average molecular weight is 280 g/mol. The lowest BCUT2D eigenvalue weighted by Crippen LogP contribution is -2.02. The van der Waals surface area contributed by atoms with E-state index >= 15 is 0 Å². The summed E-state index contributed by atoms with van der Waals surface area (Å²) < 4.78 is 26.3. The third-order valence-electron chi connectivity index (χ3n) is 2.51. The predicted molar refractivity (Wildman–Crippen MR) is 75.3 cm³/mol. The number of hydrogen-bond donors (Lipinski definition) is 1. The summed E-state index contributed by atoms with van der Waals surface area (Å²) >= 11 is 5.76. The molecule has 2 aromatic carbocycles. The molecule has 0 amide bonds. The fourth-order valence-corrected chi connectivity index (χ4v) is 1.89. The largest absolute Gasteiger partial charge is 0.378 e. The van der Waals surface area contributed by atoms with Crippen LogP contribution >= 0.6 is 11.6 Å². The first-order chi connectivity index (χ1) is 9.16. The Labute approximate surface area is 115 Å². The fraction of sp³-hybridized carbons (Fsp3) is 0.0667. The Bertz CT molecular complexity index is 559. The Kier molecular flexibility index (Phi) is 4.53. The van der Waals surface area contributed by atoms with Gasteiger partial charge in [-0.1, -0.05) is 54.1 Å². The zero-order valence-electron chi connectivity index (χ0n) is 10.0. The average Bonchev–Trinajstić information content (AvgIpc) is 2.38. The van der Waals surface area contributed by atoms with Crippen LogP contribution in [-0.4, -0.2) is 6.54 Å². The molecule has 1 N–H and O–H groups in total. The minimum absolute atomic E-state index is 0.0330. The first-order valence-electron chi connectivity index (χ1n) is 5.77. The summed E-state index contributed by atoms with van der Waals surface area (Å²) in [5.41, 5.74) is 1.16. The van der Waals surface area contributed by atoms with Crippen LogP contribution in [0.1, 0.15) is 5.56 Å². The van der Waals surface area contributed by atoms with Crippen LogP contribution in [0.25, 0.3) is 6.08 Å². The van der Waals surface area contributed by atoms with E-state index in [0.29, 0.717) is 6.54 Å². The summed E-state index contributed by atoms with van der Waals surface area (Å²) in [5, 5.41) is 2.85. The number of hydrogen-bond acceptors (Lipinski definition) is 1. The molecule has 2 rings (SSSR count). The topological polar surface area (TPSA) is 12.0 Å². The van der Waals surface area contributed by atoms with Crippen LogP contribution in [0.15, 0.2) is 48.5 Å². The molecule has 0 saturated carbocycles. The number of nitrogens with one attached hydrogen (secondary N) is 1. The van der Waals surface area contributed by atoms with Crippen LogP contribution in [0.4, 0.5) is 14.5 Å². The Morgan fingerprint density at radius 1 is 1.11 bits per heavy atom. The molecule has 0 heterocycles. The molecule has 0 bridgehead atoms. The SMILES string of the molecule is Fc1cc(F)c(NC/C=C/c2ccccc2)c(Cl)c1. The van der Waals surface area contributed by atoms with Crippen molar-refractivity contribution in [3.63, 3.8) is 0 Å². The van der Waals surface area contributed by atoms with Crippen molar-refractivity contribution >= 4 is 23.4 Å². The monoisotopic (exact) mass is 279 g/mol. The Morgan fingerprint density at radius 2 is 1.84 bits per heavy atom. The van der Waals surface area contributed by atoms with Crippen molar-refractivity contribution in [3.8, 4) is 0 Å². The zero-order chi connectivity index (χ0) is 13.7. The maximum absolute atomic E-state index is 13.5. The molecule has 1 nitrogen and oxygen atoms in total. The fourth-order valence-electron chi connectivity index (χ4n) is 1.63. The lowest BCUT2D eigenvalue weighted by molar-refractivity contribution is 0.585. The summed E-state index contributed by atoms with van der Waals surface area (Å²) in [6.45, 7) is 0.400. The van der Waals surface area contributed by atoms with Crippen LogP contribution in [0, 0.1) is 11.6 Å². The van der Waals surface area contributed by atoms with Gasteiger partial charge in [-0.3, -0.25) is 0 Å². The number of rotatable bonds is 4. The van der Waals surface area contributed by atoms with E-state index in [2.05, 4.69) is 5.32 Å². The molecule has 0 fully saturated rings. The van der Waals surface area contributed by atoms with E-state index in [-0.39, 0.29) is 10.7 Å². The van der Waals surface area contributed by atoms with Crippen LogP contribution in [0.3, 0.4) is 0 Å². The number of benzene rings is 2. The van der Waals surface area contributed by atoms with E-state index in [0.717, 1.165) is 17.7 Å². The molecule has 0 aliphatic carbocycles. The van der Waals surface area contributed by atoms with Gasteiger partial charge in [-0.25, -0.2) is 8.78 Å². The van der Waals surface area contributed by atoms with Gasteiger partial charge in [0.1, 0.15) is 5.82 Å². The molecule has 0 aromatic heterocycles. The maximum atomic E-state index is 13.5. The van der Waals surface area contributed by atoms with Crippen molar-refractivity contribution in [1.82, 2.24) is 0 Å². The van der Waals surface area contributed by atoms with Crippen molar-refractivity contribution in [3.05, 3.63) is 70.8 Å². The van der Waals surface area contributed by atoms with Crippen molar-refractivity contribution in [1.29, 1.82) is 0 Å². The lowest BCUT2D eigenvalue weighted by Gasteiger charge is -2.07. The minimum Gasteiger partial charge on any atom is -0.378 e. The molecule has 19 heavy (non-hydrogen) atoms. The van der Waals surface area contributed by atoms with E-state index < -0.39 is 11.6 Å². The Hall–Kier alpha value is -1.87. The highest BCUT2D eigenvalue weighted by Gasteiger charge is 2.08. The van der Waals surface area contributed by atoms with Crippen LogP contribution < -0.4 is 5.32 Å². The summed E-state index contributed by atoms with van der Waals surface area (Å²) in [4.78, 5) is 0. The molecule has 0 unspecified atom stereocenters. The van der Waals surface area contributed by atoms with Crippen molar-refractivity contribution < 1.29 is 8.78 Å². The van der Waals surface area contributed by atoms with Gasteiger partial charge in [0.2, 0.25) is 0 Å². The van der Waals surface area contributed by atoms with Gasteiger partial charge in [-0.15, -0.1) is 0 Å². The summed E-state index contributed by atoms with van der Waals surface area (Å²) in [6, 6.07) is 11.6. The van der Waals surface area contributed by atoms with Crippen molar-refractivity contribution in [2.24, 2.45) is 0 Å². The first-order valence-corrected chi connectivity index (χ1v) is 6.14. The standard InChI is InChI=1S/C15H12ClF2N/c16-13-9-12(17)10-14(18)15(13)19-8-4-7-11-5-2-1-3-6-11/h1-7,9-10,19H,8H2/b7-4+. The highest BCUT2D eigenvalue weighted by molar-refractivity contribution is 6.33. The second-order valence-corrected chi connectivity index (χ2v) is 4.35. The van der Waals surface area contributed by atoms with Crippen LogP contribution in [0.2, 0.25) is 5.02 Å². The number of halogens is 3. The van der Waals surface area contributed by atoms with Crippen molar-refractivity contribution in [2.75, 3.05) is 11.9 Å². The van der Waals surface area contributed by atoms with E-state index in [1.54, 1.807) is 0 Å². The Morgan fingerprint density at radius 3 is 2.53 bits per heavy atom. The maximum Gasteiger partial charge on any atom is 0.150 e. The minimum atomic E-state index is -0.696. The number of anilines is 1. The Balaban J connectivity index is 1.98. The second-order valence-electron chi connectivity index (χ2n) is 3.94. The predicted octanol–water partition coefficient (Wildman–Crippen LogP) is 4.74. The van der Waals surface area contributed by atoms with Gasteiger partial charge in [-0.05, 0) is 11.6 Å². The molecule has 0 aliphatic rings. The van der Waals surface area contributed by atoms with Gasteiger partial charge < -0.3 is 5.32 Å². The molecule has 0 radical (unpaired) electrons. The summed E-state index contributed by atoms with van der Waals surface area (Å²) in [5.74, 6) is -1.38. The van der Waals surface area contributed by atoms with Crippen LogP contribution in [0.5, 0.6) is 0 Å². The molecule has 2 aromatic rings. The van der Waals surface area contributed by atoms with E-state index in [1.165, 1.54) is 0 Å². The smallest absolute Gasteiger partial charge is 0.150 e. The van der Waals surface area contributed by atoms with Gasteiger partial charge in [0.25, 0.3) is 0 Å². The molecular formula is C15H12ClF2N. The molecule has 98 valence electrons. The third kappa shape index (κ3) is 3.80. The molecule has 0 saturated heterocycles. The van der Waals surface area contributed by atoms with Crippen LogP contribution in [-0.2, 0) is 0 Å². The molecule has 0 aliphatic heterocycles. The molecule has 0 spiro atoms. The van der Waals surface area contributed by atoms with Gasteiger partial charge in [0.05, 0.1) is 10.7 Å². The quantitative estimate of drug-likeness (QED) is 0.852. The highest BCUT2D eigenvalue weighted by Crippen LogP contribution is 2.26. The van der Waals surface area contributed by atoms with E-state index in [9.17, 15) is 8.78 Å². The second kappa shape index (κ2) is 6.34. The summed E-state index contributed by atoms with van der Waals surface area (Å²) in [6.07, 6.45) is 3.75. The van der Waals surface area contributed by atoms with Crippen molar-refractivity contribution in [2.45, 2.75) is 0 Å².